The zero-order chi connectivity index (χ0) is 16.0. The molecule has 0 saturated heterocycles. The Hall–Kier alpha value is -1.62. The van der Waals surface area contributed by atoms with Crippen molar-refractivity contribution in [2.24, 2.45) is 0 Å². The lowest BCUT2D eigenvalue weighted by molar-refractivity contribution is -0.129. The summed E-state index contributed by atoms with van der Waals surface area (Å²) in [6.45, 7) is 5.06. The fourth-order valence-electron chi connectivity index (χ4n) is 3.03. The molecular weight excluding hydrogens is 278 g/mol. The summed E-state index contributed by atoms with van der Waals surface area (Å²) in [5, 5.41) is 16.3. The van der Waals surface area contributed by atoms with E-state index in [0.717, 1.165) is 37.8 Å². The van der Waals surface area contributed by atoms with Crippen molar-refractivity contribution in [3.63, 3.8) is 0 Å². The number of amides is 1. The van der Waals surface area contributed by atoms with Crippen LogP contribution >= 0.6 is 0 Å². The number of nitrogens with zero attached hydrogens (tertiary/aromatic N) is 1. The molecule has 0 radical (unpaired) electrons. The zero-order valence-electron chi connectivity index (χ0n) is 13.6. The van der Waals surface area contributed by atoms with Crippen LogP contribution in [-0.4, -0.2) is 28.1 Å². The van der Waals surface area contributed by atoms with E-state index >= 15 is 0 Å². The maximum Gasteiger partial charge on any atom is 0.240 e. The minimum atomic E-state index is -0.523. The molecule has 1 aromatic heterocycles. The molecule has 1 fully saturated rings. The van der Waals surface area contributed by atoms with Crippen LogP contribution in [-0.2, 0) is 11.3 Å². The van der Waals surface area contributed by atoms with Crippen LogP contribution < -0.4 is 10.6 Å². The first-order valence-electron chi connectivity index (χ1n) is 8.26. The van der Waals surface area contributed by atoms with Crippen molar-refractivity contribution in [3.8, 4) is 5.75 Å². The van der Waals surface area contributed by atoms with Gasteiger partial charge in [-0.3, -0.25) is 15.1 Å². The van der Waals surface area contributed by atoms with E-state index in [1.54, 1.807) is 12.1 Å². The Kier molecular flexibility index (Phi) is 5.77. The maximum atomic E-state index is 12.6. The minimum Gasteiger partial charge on any atom is -0.506 e. The Bertz CT molecular complexity index is 511. The van der Waals surface area contributed by atoms with Gasteiger partial charge in [-0.25, -0.2) is 0 Å². The summed E-state index contributed by atoms with van der Waals surface area (Å²) >= 11 is 0. The summed E-state index contributed by atoms with van der Waals surface area (Å²) in [7, 11) is 0. The van der Waals surface area contributed by atoms with Gasteiger partial charge in [-0.2, -0.15) is 0 Å². The van der Waals surface area contributed by atoms with E-state index in [4.69, 9.17) is 0 Å². The predicted octanol–water partition coefficient (Wildman–Crippen LogP) is 2.41. The average molecular weight is 305 g/mol. The van der Waals surface area contributed by atoms with Gasteiger partial charge in [0.2, 0.25) is 5.91 Å². The SMILES string of the molecule is CCCNC(=O)C1(NCc2nc(C)ccc2O)CCCCC1. The second kappa shape index (κ2) is 7.58. The van der Waals surface area contributed by atoms with Crippen LogP contribution in [0.2, 0.25) is 0 Å². The van der Waals surface area contributed by atoms with Gasteiger partial charge < -0.3 is 10.4 Å². The van der Waals surface area contributed by atoms with Crippen molar-refractivity contribution in [1.82, 2.24) is 15.6 Å². The van der Waals surface area contributed by atoms with E-state index in [1.165, 1.54) is 6.42 Å². The monoisotopic (exact) mass is 305 g/mol. The number of rotatable bonds is 6. The summed E-state index contributed by atoms with van der Waals surface area (Å²) < 4.78 is 0. The molecule has 22 heavy (non-hydrogen) atoms. The second-order valence-electron chi connectivity index (χ2n) is 6.17. The Morgan fingerprint density at radius 2 is 2.05 bits per heavy atom. The van der Waals surface area contributed by atoms with Crippen LogP contribution in [0.15, 0.2) is 12.1 Å². The molecular formula is C17H27N3O2. The lowest BCUT2D eigenvalue weighted by atomic mass is 9.80. The first-order valence-corrected chi connectivity index (χ1v) is 8.26. The van der Waals surface area contributed by atoms with E-state index in [9.17, 15) is 9.90 Å². The van der Waals surface area contributed by atoms with Crippen molar-refractivity contribution < 1.29 is 9.90 Å². The van der Waals surface area contributed by atoms with Gasteiger partial charge in [0.15, 0.2) is 0 Å². The van der Waals surface area contributed by atoms with Crippen LogP contribution in [0, 0.1) is 6.92 Å². The number of pyridine rings is 1. The van der Waals surface area contributed by atoms with Crippen molar-refractivity contribution in [3.05, 3.63) is 23.5 Å². The molecule has 1 aromatic rings. The normalized spacial score (nSPS) is 17.2. The fraction of sp³-hybridized carbons (Fsp3) is 0.647. The molecule has 1 saturated carbocycles. The molecule has 1 amide bonds. The van der Waals surface area contributed by atoms with Crippen LogP contribution in [0.3, 0.4) is 0 Å². The van der Waals surface area contributed by atoms with E-state index in [1.807, 2.05) is 6.92 Å². The van der Waals surface area contributed by atoms with Crippen molar-refractivity contribution >= 4 is 5.91 Å². The summed E-state index contributed by atoms with van der Waals surface area (Å²) in [5.41, 5.74) is 0.946. The number of aryl methyl sites for hydroxylation is 1. The molecule has 3 N–H and O–H groups in total. The molecule has 5 heteroatoms. The van der Waals surface area contributed by atoms with Gasteiger partial charge in [0.1, 0.15) is 5.75 Å². The van der Waals surface area contributed by atoms with Crippen molar-refractivity contribution in [1.29, 1.82) is 0 Å². The van der Waals surface area contributed by atoms with Gasteiger partial charge in [-0.05, 0) is 38.3 Å². The Labute approximate surface area is 132 Å². The largest absolute Gasteiger partial charge is 0.506 e. The molecule has 1 aliphatic carbocycles. The highest BCUT2D eigenvalue weighted by atomic mass is 16.3. The number of nitrogens with one attached hydrogen (secondary N) is 2. The Morgan fingerprint density at radius 1 is 1.32 bits per heavy atom. The van der Waals surface area contributed by atoms with Gasteiger partial charge in [-0.15, -0.1) is 0 Å². The standard InChI is InChI=1S/C17H27N3O2/c1-3-11-18-16(22)17(9-5-4-6-10-17)19-12-14-15(21)8-7-13(2)20-14/h7-8,19,21H,3-6,9-12H2,1-2H3,(H,18,22). The number of aromatic hydroxyl groups is 1. The van der Waals surface area contributed by atoms with Crippen molar-refractivity contribution in [2.45, 2.75) is 64.5 Å². The molecule has 1 aliphatic rings. The van der Waals surface area contributed by atoms with Crippen LogP contribution in [0.1, 0.15) is 56.8 Å². The highest BCUT2D eigenvalue weighted by Crippen LogP contribution is 2.29. The quantitative estimate of drug-likeness (QED) is 0.754. The third kappa shape index (κ3) is 3.97. The molecule has 0 spiro atoms. The first kappa shape index (κ1) is 16.7. The van der Waals surface area contributed by atoms with Gasteiger partial charge >= 0.3 is 0 Å². The highest BCUT2D eigenvalue weighted by Gasteiger charge is 2.38. The second-order valence-corrected chi connectivity index (χ2v) is 6.17. The number of hydrogen-bond acceptors (Lipinski definition) is 4. The maximum absolute atomic E-state index is 12.6. The van der Waals surface area contributed by atoms with Gasteiger partial charge in [0.05, 0.1) is 11.2 Å². The van der Waals surface area contributed by atoms with Crippen LogP contribution in [0.5, 0.6) is 5.75 Å². The third-order valence-corrected chi connectivity index (χ3v) is 4.36. The number of carbonyl (C=O) groups is 1. The first-order chi connectivity index (χ1) is 10.6. The van der Waals surface area contributed by atoms with Gasteiger partial charge in [0, 0.05) is 18.8 Å². The molecule has 0 atom stereocenters. The van der Waals surface area contributed by atoms with E-state index in [0.29, 0.717) is 18.8 Å². The lowest BCUT2D eigenvalue weighted by Gasteiger charge is -2.36. The molecule has 0 aromatic carbocycles. The molecule has 122 valence electrons. The molecule has 5 nitrogen and oxygen atoms in total. The molecule has 1 heterocycles. The summed E-state index contributed by atoms with van der Waals surface area (Å²) in [6, 6.07) is 3.44. The highest BCUT2D eigenvalue weighted by molar-refractivity contribution is 5.86. The van der Waals surface area contributed by atoms with Crippen molar-refractivity contribution in [2.75, 3.05) is 6.54 Å². The van der Waals surface area contributed by atoms with Crippen LogP contribution in [0.25, 0.3) is 0 Å². The lowest BCUT2D eigenvalue weighted by Crippen LogP contribution is -2.57. The zero-order valence-corrected chi connectivity index (χ0v) is 13.6. The summed E-state index contributed by atoms with van der Waals surface area (Å²) in [5.74, 6) is 0.263. The van der Waals surface area contributed by atoms with Crippen LogP contribution in [0.4, 0.5) is 0 Å². The summed E-state index contributed by atoms with van der Waals surface area (Å²) in [4.78, 5) is 17.0. The smallest absolute Gasteiger partial charge is 0.240 e. The van der Waals surface area contributed by atoms with E-state index < -0.39 is 5.54 Å². The summed E-state index contributed by atoms with van der Waals surface area (Å²) in [6.07, 6.45) is 5.91. The topological polar surface area (TPSA) is 74.2 Å². The molecule has 0 aliphatic heterocycles. The molecule has 2 rings (SSSR count). The predicted molar refractivity (Wildman–Crippen MR) is 86.6 cm³/mol. The number of carbonyl (C=O) groups excluding carboxylic acids is 1. The molecule has 0 bridgehead atoms. The fourth-order valence-corrected chi connectivity index (χ4v) is 3.03. The number of hydrogen-bond donors (Lipinski definition) is 3. The Balaban J connectivity index is 2.09. The average Bonchev–Trinajstić information content (AvgIpc) is 2.54. The number of aromatic nitrogens is 1. The van der Waals surface area contributed by atoms with Gasteiger partial charge in [-0.1, -0.05) is 26.2 Å². The molecule has 0 unspecified atom stereocenters. The van der Waals surface area contributed by atoms with E-state index in [2.05, 4.69) is 22.5 Å². The van der Waals surface area contributed by atoms with Gasteiger partial charge in [0.25, 0.3) is 0 Å². The van der Waals surface area contributed by atoms with E-state index in [-0.39, 0.29) is 11.7 Å². The third-order valence-electron chi connectivity index (χ3n) is 4.36. The Morgan fingerprint density at radius 3 is 2.73 bits per heavy atom. The minimum absolute atomic E-state index is 0.0844.